The van der Waals surface area contributed by atoms with Crippen molar-refractivity contribution >= 4 is 51.5 Å². The first-order valence-corrected chi connectivity index (χ1v) is 9.04. The molecule has 0 fully saturated rings. The minimum Gasteiger partial charge on any atom is -0.386 e. The fourth-order valence-electron chi connectivity index (χ4n) is 2.04. The van der Waals surface area contributed by atoms with Crippen molar-refractivity contribution in [2.75, 3.05) is 12.0 Å². The molecule has 2 aromatic rings. The van der Waals surface area contributed by atoms with E-state index < -0.39 is 29.6 Å². The SMILES string of the molecule is CC(=O)Nc1nnc(-c2ccc([C@@H](O)[C@@H](CF)NC(=O)C(Cl)Cl)cc2)s1. The Morgan fingerprint density at radius 1 is 1.27 bits per heavy atom. The number of rotatable bonds is 7. The zero-order valence-electron chi connectivity index (χ0n) is 13.4. The van der Waals surface area contributed by atoms with Gasteiger partial charge in [-0.25, -0.2) is 4.39 Å². The van der Waals surface area contributed by atoms with Crippen LogP contribution in [0.25, 0.3) is 10.6 Å². The fourth-order valence-corrected chi connectivity index (χ4v) is 2.96. The summed E-state index contributed by atoms with van der Waals surface area (Å²) < 4.78 is 13.2. The second kappa shape index (κ2) is 9.22. The van der Waals surface area contributed by atoms with E-state index in [2.05, 4.69) is 20.8 Å². The summed E-state index contributed by atoms with van der Waals surface area (Å²) in [6, 6.07) is 5.31. The standard InChI is InChI=1S/C15H15Cl2FN4O3S/c1-7(23)19-15-22-21-14(26-15)9-4-2-8(3-5-9)11(24)10(6-18)20-13(25)12(16)17/h2-5,10-12,24H,6H2,1H3,(H,20,25)(H,19,22,23)/t10-,11-/m1/s1. The van der Waals surface area contributed by atoms with Gasteiger partial charge in [0.25, 0.3) is 5.91 Å². The summed E-state index contributed by atoms with van der Waals surface area (Å²) in [5, 5.41) is 23.8. The van der Waals surface area contributed by atoms with Gasteiger partial charge in [0.1, 0.15) is 17.8 Å². The van der Waals surface area contributed by atoms with Gasteiger partial charge in [-0.2, -0.15) is 0 Å². The number of halogens is 3. The Kier molecular flexibility index (Phi) is 7.27. The van der Waals surface area contributed by atoms with Crippen molar-refractivity contribution in [2.45, 2.75) is 23.9 Å². The van der Waals surface area contributed by atoms with Crippen LogP contribution in [0.1, 0.15) is 18.6 Å². The van der Waals surface area contributed by atoms with Crippen LogP contribution in [0, 0.1) is 0 Å². The number of hydrogen-bond acceptors (Lipinski definition) is 6. The summed E-state index contributed by atoms with van der Waals surface area (Å²) in [7, 11) is 0. The highest BCUT2D eigenvalue weighted by Crippen LogP contribution is 2.28. The summed E-state index contributed by atoms with van der Waals surface area (Å²) in [6.07, 6.45) is -1.28. The molecule has 2 amide bonds. The van der Waals surface area contributed by atoms with E-state index in [0.717, 1.165) is 0 Å². The van der Waals surface area contributed by atoms with E-state index in [1.54, 1.807) is 24.3 Å². The lowest BCUT2D eigenvalue weighted by molar-refractivity contribution is -0.121. The molecule has 2 atom stereocenters. The van der Waals surface area contributed by atoms with Gasteiger partial charge < -0.3 is 15.7 Å². The molecule has 3 N–H and O–H groups in total. The van der Waals surface area contributed by atoms with Crippen LogP contribution in [0.15, 0.2) is 24.3 Å². The van der Waals surface area contributed by atoms with Gasteiger partial charge in [0.15, 0.2) is 4.84 Å². The molecule has 140 valence electrons. The molecule has 0 aliphatic heterocycles. The number of alkyl halides is 3. The average Bonchev–Trinajstić information content (AvgIpc) is 3.06. The number of carbonyl (C=O) groups is 2. The molecule has 0 aliphatic carbocycles. The first-order chi connectivity index (χ1) is 12.3. The van der Waals surface area contributed by atoms with Crippen molar-refractivity contribution in [3.05, 3.63) is 29.8 Å². The van der Waals surface area contributed by atoms with Crippen LogP contribution in [0.2, 0.25) is 0 Å². The Morgan fingerprint density at radius 2 is 1.92 bits per heavy atom. The molecule has 0 aliphatic rings. The summed E-state index contributed by atoms with van der Waals surface area (Å²) >= 11 is 12.0. The first kappa shape index (κ1) is 20.5. The number of aliphatic hydroxyl groups is 1. The maximum Gasteiger partial charge on any atom is 0.253 e. The lowest BCUT2D eigenvalue weighted by Crippen LogP contribution is -2.43. The topological polar surface area (TPSA) is 104 Å². The second-order valence-corrected chi connectivity index (χ2v) is 7.30. The van der Waals surface area contributed by atoms with Crippen LogP contribution in [0.4, 0.5) is 9.52 Å². The van der Waals surface area contributed by atoms with E-state index in [1.807, 2.05) is 0 Å². The number of nitrogens with zero attached hydrogens (tertiary/aromatic N) is 2. The molecular formula is C15H15Cl2FN4O3S. The zero-order valence-corrected chi connectivity index (χ0v) is 15.8. The number of nitrogens with one attached hydrogen (secondary N) is 2. The maximum atomic E-state index is 13.2. The summed E-state index contributed by atoms with van der Waals surface area (Å²) in [6.45, 7) is 0.375. The second-order valence-electron chi connectivity index (χ2n) is 5.23. The number of anilines is 1. The minimum atomic E-state index is -1.35. The minimum absolute atomic E-state index is 0.249. The van der Waals surface area contributed by atoms with Crippen LogP contribution < -0.4 is 10.6 Å². The number of aliphatic hydroxyl groups excluding tert-OH is 1. The molecule has 0 spiro atoms. The normalized spacial score (nSPS) is 13.3. The highest BCUT2D eigenvalue weighted by atomic mass is 35.5. The smallest absolute Gasteiger partial charge is 0.253 e. The van der Waals surface area contributed by atoms with Crippen molar-refractivity contribution in [1.82, 2.24) is 15.5 Å². The van der Waals surface area contributed by atoms with Crippen LogP contribution in [-0.4, -0.2) is 44.7 Å². The number of aromatic nitrogens is 2. The Hall–Kier alpha value is -1.81. The van der Waals surface area contributed by atoms with Crippen molar-refractivity contribution in [1.29, 1.82) is 0 Å². The molecular weight excluding hydrogens is 406 g/mol. The molecule has 11 heteroatoms. The van der Waals surface area contributed by atoms with E-state index >= 15 is 0 Å². The van der Waals surface area contributed by atoms with E-state index in [0.29, 0.717) is 21.3 Å². The van der Waals surface area contributed by atoms with Crippen LogP contribution in [0.3, 0.4) is 0 Å². The van der Waals surface area contributed by atoms with Gasteiger partial charge in [0.05, 0.1) is 6.04 Å². The van der Waals surface area contributed by atoms with E-state index in [-0.39, 0.29) is 5.91 Å². The molecule has 2 rings (SSSR count). The number of benzene rings is 1. The summed E-state index contributed by atoms with van der Waals surface area (Å²) in [5.74, 6) is -1.03. The van der Waals surface area contributed by atoms with Crippen molar-refractivity contribution < 1.29 is 19.1 Å². The zero-order chi connectivity index (χ0) is 19.3. The molecule has 0 saturated carbocycles. The number of amides is 2. The van der Waals surface area contributed by atoms with Gasteiger partial charge in [-0.3, -0.25) is 9.59 Å². The molecule has 0 saturated heterocycles. The predicted octanol–water partition coefficient (Wildman–Crippen LogP) is 2.45. The van der Waals surface area contributed by atoms with Gasteiger partial charge in [-0.15, -0.1) is 10.2 Å². The van der Waals surface area contributed by atoms with Gasteiger partial charge in [0.2, 0.25) is 11.0 Å². The van der Waals surface area contributed by atoms with Crippen LogP contribution in [0.5, 0.6) is 0 Å². The predicted molar refractivity (Wildman–Crippen MR) is 98.0 cm³/mol. The lowest BCUT2D eigenvalue weighted by atomic mass is 10.0. The number of hydrogen-bond donors (Lipinski definition) is 3. The highest BCUT2D eigenvalue weighted by molar-refractivity contribution is 7.18. The molecule has 1 aromatic carbocycles. The van der Waals surface area contributed by atoms with Gasteiger partial charge in [0, 0.05) is 12.5 Å². The Labute approximate surface area is 162 Å². The molecule has 0 bridgehead atoms. The molecule has 1 heterocycles. The Morgan fingerprint density at radius 3 is 2.46 bits per heavy atom. The molecule has 26 heavy (non-hydrogen) atoms. The van der Waals surface area contributed by atoms with Gasteiger partial charge in [-0.05, 0) is 5.56 Å². The van der Waals surface area contributed by atoms with E-state index in [4.69, 9.17) is 23.2 Å². The average molecular weight is 421 g/mol. The Balaban J connectivity index is 2.11. The summed E-state index contributed by atoms with van der Waals surface area (Å²) in [4.78, 5) is 21.1. The van der Waals surface area contributed by atoms with Crippen LogP contribution >= 0.6 is 34.5 Å². The monoisotopic (exact) mass is 420 g/mol. The third-order valence-corrected chi connectivity index (χ3v) is 4.56. The number of carbonyl (C=O) groups excluding carboxylic acids is 2. The third-order valence-electron chi connectivity index (χ3n) is 3.28. The van der Waals surface area contributed by atoms with Gasteiger partial charge in [-0.1, -0.05) is 58.8 Å². The summed E-state index contributed by atoms with van der Waals surface area (Å²) in [5.41, 5.74) is 1.10. The quantitative estimate of drug-likeness (QED) is 0.596. The fraction of sp³-hybridized carbons (Fsp3) is 0.333. The van der Waals surface area contributed by atoms with E-state index in [1.165, 1.54) is 18.3 Å². The molecule has 0 unspecified atom stereocenters. The third kappa shape index (κ3) is 5.34. The van der Waals surface area contributed by atoms with E-state index in [9.17, 15) is 19.1 Å². The molecule has 7 nitrogen and oxygen atoms in total. The molecule has 1 aromatic heterocycles. The van der Waals surface area contributed by atoms with Gasteiger partial charge >= 0.3 is 0 Å². The van der Waals surface area contributed by atoms with Crippen molar-refractivity contribution in [3.8, 4) is 10.6 Å². The highest BCUT2D eigenvalue weighted by Gasteiger charge is 2.25. The lowest BCUT2D eigenvalue weighted by Gasteiger charge is -2.22. The largest absolute Gasteiger partial charge is 0.386 e. The van der Waals surface area contributed by atoms with Crippen LogP contribution in [-0.2, 0) is 9.59 Å². The van der Waals surface area contributed by atoms with Crippen molar-refractivity contribution in [2.24, 2.45) is 0 Å². The Bertz CT molecular complexity index is 773. The van der Waals surface area contributed by atoms with Crippen molar-refractivity contribution in [3.63, 3.8) is 0 Å². The maximum absolute atomic E-state index is 13.2. The first-order valence-electron chi connectivity index (χ1n) is 7.35. The molecule has 0 radical (unpaired) electrons.